The van der Waals surface area contributed by atoms with Crippen LogP contribution in [-0.2, 0) is 9.53 Å². The number of aliphatic imine (C=N–C) groups is 1. The molecule has 0 aromatic carbocycles. The van der Waals surface area contributed by atoms with E-state index in [0.717, 1.165) is 37.0 Å². The number of rotatable bonds is 3. The second-order valence-electron chi connectivity index (χ2n) is 6.54. The molecule has 2 rings (SSSR count). The highest BCUT2D eigenvalue weighted by Gasteiger charge is 2.38. The maximum absolute atomic E-state index is 11.7. The van der Waals surface area contributed by atoms with Gasteiger partial charge < -0.3 is 15.4 Å². The van der Waals surface area contributed by atoms with Crippen LogP contribution in [0.2, 0.25) is 0 Å². The lowest BCUT2D eigenvalue weighted by Crippen LogP contribution is -2.48. The minimum absolute atomic E-state index is 0.0608. The van der Waals surface area contributed by atoms with Crippen molar-refractivity contribution in [3.05, 3.63) is 0 Å². The van der Waals surface area contributed by atoms with Crippen molar-refractivity contribution < 1.29 is 9.53 Å². The normalized spacial score (nSPS) is 23.9. The first-order valence-electron chi connectivity index (χ1n) is 7.23. The van der Waals surface area contributed by atoms with Gasteiger partial charge in [0.25, 0.3) is 0 Å². The van der Waals surface area contributed by atoms with Crippen LogP contribution >= 0.6 is 11.8 Å². The van der Waals surface area contributed by atoms with Crippen molar-refractivity contribution in [3.8, 4) is 0 Å². The zero-order valence-corrected chi connectivity index (χ0v) is 13.4. The van der Waals surface area contributed by atoms with Crippen LogP contribution in [0.15, 0.2) is 4.99 Å². The van der Waals surface area contributed by atoms with E-state index in [-0.39, 0.29) is 17.0 Å². The first-order chi connectivity index (χ1) is 9.39. The minimum Gasteiger partial charge on any atom is -0.381 e. The molecule has 0 aromatic rings. The summed E-state index contributed by atoms with van der Waals surface area (Å²) in [7, 11) is 0. The third kappa shape index (κ3) is 4.66. The Bertz CT molecular complexity index is 384. The number of thioether (sulfide) groups is 1. The fourth-order valence-electron chi connectivity index (χ4n) is 2.36. The van der Waals surface area contributed by atoms with Gasteiger partial charge in [-0.2, -0.15) is 0 Å². The lowest BCUT2D eigenvalue weighted by Gasteiger charge is -2.32. The van der Waals surface area contributed by atoms with E-state index in [0.29, 0.717) is 13.0 Å². The first-order valence-corrected chi connectivity index (χ1v) is 8.21. The molecule has 2 aliphatic heterocycles. The van der Waals surface area contributed by atoms with Gasteiger partial charge in [-0.1, -0.05) is 11.8 Å². The number of amidine groups is 1. The van der Waals surface area contributed by atoms with Gasteiger partial charge in [0.15, 0.2) is 5.17 Å². The highest BCUT2D eigenvalue weighted by atomic mass is 32.2. The number of carbonyl (C=O) groups excluding carboxylic acids is 1. The predicted octanol–water partition coefficient (Wildman–Crippen LogP) is 1.53. The van der Waals surface area contributed by atoms with E-state index in [1.165, 1.54) is 0 Å². The molecule has 2 heterocycles. The van der Waals surface area contributed by atoms with Gasteiger partial charge in [0, 0.05) is 30.9 Å². The molecule has 2 saturated heterocycles. The Kier molecular flexibility index (Phi) is 4.96. The van der Waals surface area contributed by atoms with Gasteiger partial charge in [0.05, 0.1) is 12.1 Å². The first kappa shape index (κ1) is 15.6. The van der Waals surface area contributed by atoms with Crippen LogP contribution in [-0.4, -0.2) is 47.7 Å². The van der Waals surface area contributed by atoms with Gasteiger partial charge >= 0.3 is 0 Å². The Hall–Kier alpha value is -0.750. The topological polar surface area (TPSA) is 62.7 Å². The summed E-state index contributed by atoms with van der Waals surface area (Å²) in [5.41, 5.74) is 0.00611. The number of hydrogen-bond donors (Lipinski definition) is 2. The average Bonchev–Trinajstić information content (AvgIpc) is 2.71. The van der Waals surface area contributed by atoms with Gasteiger partial charge in [-0.25, -0.2) is 0 Å². The van der Waals surface area contributed by atoms with Crippen molar-refractivity contribution >= 4 is 22.8 Å². The standard InChI is InChI=1S/C14H25N3O2S/c1-13(2,3)16-11(18)4-7-15-12-17-14(10-20-12)5-8-19-9-6-14/h4-10H2,1-3H3,(H,15,17)(H,16,18). The molecule has 1 amide bonds. The summed E-state index contributed by atoms with van der Waals surface area (Å²) in [4.78, 5) is 16.2. The van der Waals surface area contributed by atoms with Crippen molar-refractivity contribution in [2.75, 3.05) is 25.5 Å². The molecule has 0 unspecified atom stereocenters. The summed E-state index contributed by atoms with van der Waals surface area (Å²) >= 11 is 1.76. The van der Waals surface area contributed by atoms with Crippen LogP contribution < -0.4 is 10.6 Å². The molecule has 0 aromatic heterocycles. The highest BCUT2D eigenvalue weighted by Crippen LogP contribution is 2.31. The van der Waals surface area contributed by atoms with E-state index < -0.39 is 0 Å². The second kappa shape index (κ2) is 6.35. The molecular weight excluding hydrogens is 274 g/mol. The van der Waals surface area contributed by atoms with Gasteiger partial charge in [-0.3, -0.25) is 9.79 Å². The molecule has 0 atom stereocenters. The summed E-state index contributed by atoms with van der Waals surface area (Å²) < 4.78 is 5.41. The van der Waals surface area contributed by atoms with Crippen LogP contribution in [0.5, 0.6) is 0 Å². The third-order valence-electron chi connectivity index (χ3n) is 3.42. The Morgan fingerprint density at radius 2 is 2.15 bits per heavy atom. The fourth-order valence-corrected chi connectivity index (χ4v) is 3.61. The van der Waals surface area contributed by atoms with Gasteiger partial charge in [-0.15, -0.1) is 0 Å². The van der Waals surface area contributed by atoms with Crippen LogP contribution in [0.1, 0.15) is 40.0 Å². The number of ether oxygens (including phenoxy) is 1. The van der Waals surface area contributed by atoms with E-state index in [1.54, 1.807) is 11.8 Å². The van der Waals surface area contributed by atoms with Crippen molar-refractivity contribution in [1.82, 2.24) is 10.6 Å². The number of nitrogens with one attached hydrogen (secondary N) is 2. The van der Waals surface area contributed by atoms with Crippen LogP contribution in [0.3, 0.4) is 0 Å². The van der Waals surface area contributed by atoms with Gasteiger partial charge in [0.1, 0.15) is 0 Å². The van der Waals surface area contributed by atoms with Crippen molar-refractivity contribution in [2.24, 2.45) is 4.99 Å². The molecule has 0 aliphatic carbocycles. The summed E-state index contributed by atoms with van der Waals surface area (Å²) in [6, 6.07) is 0. The second-order valence-corrected chi connectivity index (χ2v) is 7.51. The molecule has 6 heteroatoms. The average molecular weight is 299 g/mol. The van der Waals surface area contributed by atoms with Crippen molar-refractivity contribution in [2.45, 2.75) is 51.1 Å². The molecule has 114 valence electrons. The van der Waals surface area contributed by atoms with E-state index in [2.05, 4.69) is 15.6 Å². The van der Waals surface area contributed by atoms with Gasteiger partial charge in [0.2, 0.25) is 5.91 Å². The maximum Gasteiger partial charge on any atom is 0.222 e. The molecule has 2 N–H and O–H groups in total. The maximum atomic E-state index is 11.7. The quantitative estimate of drug-likeness (QED) is 0.829. The van der Waals surface area contributed by atoms with Crippen LogP contribution in [0.4, 0.5) is 0 Å². The van der Waals surface area contributed by atoms with E-state index in [4.69, 9.17) is 4.74 Å². The van der Waals surface area contributed by atoms with E-state index in [1.807, 2.05) is 20.8 Å². The third-order valence-corrected chi connectivity index (χ3v) is 4.62. The molecule has 0 saturated carbocycles. The smallest absolute Gasteiger partial charge is 0.222 e. The molecule has 2 fully saturated rings. The Labute approximate surface area is 125 Å². The zero-order valence-electron chi connectivity index (χ0n) is 12.6. The Balaban J connectivity index is 1.75. The SMILES string of the molecule is CC(C)(C)NC(=O)CCN=C1NC2(CCOCC2)CS1. The number of nitrogens with zero attached hydrogens (tertiary/aromatic N) is 1. The molecule has 0 bridgehead atoms. The highest BCUT2D eigenvalue weighted by molar-refractivity contribution is 8.14. The summed E-state index contributed by atoms with van der Waals surface area (Å²) in [5.74, 6) is 1.12. The van der Waals surface area contributed by atoms with Crippen LogP contribution in [0.25, 0.3) is 0 Å². The lowest BCUT2D eigenvalue weighted by atomic mass is 9.93. The number of hydrogen-bond acceptors (Lipinski definition) is 4. The van der Waals surface area contributed by atoms with E-state index in [9.17, 15) is 4.79 Å². The minimum atomic E-state index is -0.170. The molecule has 1 spiro atoms. The lowest BCUT2D eigenvalue weighted by molar-refractivity contribution is -0.122. The number of carbonyl (C=O) groups is 1. The molecule has 5 nitrogen and oxygen atoms in total. The van der Waals surface area contributed by atoms with Crippen molar-refractivity contribution in [3.63, 3.8) is 0 Å². The molecule has 2 aliphatic rings. The fraction of sp³-hybridized carbons (Fsp3) is 0.857. The van der Waals surface area contributed by atoms with E-state index >= 15 is 0 Å². The van der Waals surface area contributed by atoms with Crippen molar-refractivity contribution in [1.29, 1.82) is 0 Å². The predicted molar refractivity (Wildman–Crippen MR) is 83.2 cm³/mol. The summed E-state index contributed by atoms with van der Waals surface area (Å²) in [6.07, 6.45) is 2.53. The Morgan fingerprint density at radius 3 is 2.80 bits per heavy atom. The molecule has 0 radical (unpaired) electrons. The zero-order chi connectivity index (χ0) is 14.6. The summed E-state index contributed by atoms with van der Waals surface area (Å²) in [6.45, 7) is 8.16. The number of amides is 1. The monoisotopic (exact) mass is 299 g/mol. The van der Waals surface area contributed by atoms with Crippen LogP contribution in [0, 0.1) is 0 Å². The Morgan fingerprint density at radius 1 is 1.45 bits per heavy atom. The van der Waals surface area contributed by atoms with Gasteiger partial charge in [-0.05, 0) is 33.6 Å². The summed E-state index contributed by atoms with van der Waals surface area (Å²) in [5, 5.41) is 7.46. The largest absolute Gasteiger partial charge is 0.381 e. The molecule has 20 heavy (non-hydrogen) atoms. The molecular formula is C14H25N3O2S.